The lowest BCUT2D eigenvalue weighted by molar-refractivity contribution is 0.0291. The van der Waals surface area contributed by atoms with Crippen molar-refractivity contribution in [2.24, 2.45) is 4.99 Å². The van der Waals surface area contributed by atoms with Gasteiger partial charge in [-0.2, -0.15) is 0 Å². The van der Waals surface area contributed by atoms with Crippen LogP contribution in [0, 0.1) is 0 Å². The third-order valence-corrected chi connectivity index (χ3v) is 0.842. The van der Waals surface area contributed by atoms with E-state index < -0.39 is 6.35 Å². The highest BCUT2D eigenvalue weighted by molar-refractivity contribution is 5.53. The molecule has 0 unspecified atom stereocenters. The lowest BCUT2D eigenvalue weighted by Crippen LogP contribution is -2.40. The predicted octanol–water partition coefficient (Wildman–Crippen LogP) is -0.928. The van der Waals surface area contributed by atoms with Gasteiger partial charge >= 0.3 is 0 Å². The predicted molar refractivity (Wildman–Crippen MR) is 37.2 cm³/mol. The van der Waals surface area contributed by atoms with Crippen LogP contribution in [0.15, 0.2) is 4.99 Å². The van der Waals surface area contributed by atoms with E-state index in [4.69, 9.17) is 5.11 Å². The largest absolute Gasteiger partial charge is 0.361 e. The SMILES string of the molecule is CN=CN[C@H](O)N(C)C. The first-order valence-electron chi connectivity index (χ1n) is 2.69. The van der Waals surface area contributed by atoms with Crippen LogP contribution in [0.4, 0.5) is 0 Å². The average molecular weight is 131 g/mol. The smallest absolute Gasteiger partial charge is 0.184 e. The van der Waals surface area contributed by atoms with Crippen molar-refractivity contribution in [3.8, 4) is 0 Å². The van der Waals surface area contributed by atoms with E-state index in [2.05, 4.69) is 10.3 Å². The molecule has 4 heteroatoms. The highest BCUT2D eigenvalue weighted by atomic mass is 16.3. The molecule has 0 aliphatic carbocycles. The van der Waals surface area contributed by atoms with Crippen LogP contribution in [0.1, 0.15) is 0 Å². The minimum Gasteiger partial charge on any atom is -0.361 e. The summed E-state index contributed by atoms with van der Waals surface area (Å²) in [5.41, 5.74) is 0. The van der Waals surface area contributed by atoms with Crippen LogP contribution in [-0.4, -0.2) is 43.8 Å². The first kappa shape index (κ1) is 8.39. The number of nitrogens with zero attached hydrogens (tertiary/aromatic N) is 2. The van der Waals surface area contributed by atoms with Crippen LogP contribution in [0.5, 0.6) is 0 Å². The van der Waals surface area contributed by atoms with Crippen LogP contribution >= 0.6 is 0 Å². The minimum atomic E-state index is -0.645. The van der Waals surface area contributed by atoms with Gasteiger partial charge in [-0.15, -0.1) is 0 Å². The van der Waals surface area contributed by atoms with Crippen molar-refractivity contribution in [3.63, 3.8) is 0 Å². The Balaban J connectivity index is 3.38. The number of aliphatic hydroxyl groups is 1. The molecule has 0 spiro atoms. The molecular formula is C5H13N3O. The van der Waals surface area contributed by atoms with Crippen LogP contribution < -0.4 is 5.32 Å². The molecule has 0 fully saturated rings. The summed E-state index contributed by atoms with van der Waals surface area (Å²) >= 11 is 0. The number of hydrogen-bond donors (Lipinski definition) is 2. The van der Waals surface area contributed by atoms with Gasteiger partial charge in [-0.3, -0.25) is 9.89 Å². The molecule has 0 amide bonds. The Morgan fingerprint density at radius 3 is 2.56 bits per heavy atom. The van der Waals surface area contributed by atoms with E-state index >= 15 is 0 Å². The fourth-order valence-corrected chi connectivity index (χ4v) is 0.290. The third-order valence-electron chi connectivity index (χ3n) is 0.842. The number of rotatable bonds is 3. The van der Waals surface area contributed by atoms with E-state index in [0.29, 0.717) is 0 Å². The Morgan fingerprint density at radius 1 is 1.67 bits per heavy atom. The molecule has 0 aromatic heterocycles. The van der Waals surface area contributed by atoms with Crippen LogP contribution in [-0.2, 0) is 0 Å². The van der Waals surface area contributed by atoms with Crippen molar-refractivity contribution in [2.45, 2.75) is 6.35 Å². The Labute approximate surface area is 55.2 Å². The van der Waals surface area contributed by atoms with Crippen molar-refractivity contribution in [1.82, 2.24) is 10.2 Å². The van der Waals surface area contributed by atoms with Gasteiger partial charge in [0.2, 0.25) is 0 Å². The Bertz CT molecular complexity index is 92.2. The summed E-state index contributed by atoms with van der Waals surface area (Å²) in [6.07, 6.45) is 0.804. The fourth-order valence-electron chi connectivity index (χ4n) is 0.290. The van der Waals surface area contributed by atoms with Crippen LogP contribution in [0.25, 0.3) is 0 Å². The van der Waals surface area contributed by atoms with Gasteiger partial charge in [0.05, 0.1) is 6.34 Å². The summed E-state index contributed by atoms with van der Waals surface area (Å²) in [4.78, 5) is 5.26. The number of nitrogens with one attached hydrogen (secondary N) is 1. The highest BCUT2D eigenvalue weighted by Crippen LogP contribution is 1.77. The lowest BCUT2D eigenvalue weighted by atomic mass is 10.8. The molecule has 1 atom stereocenters. The monoisotopic (exact) mass is 131 g/mol. The molecule has 2 N–H and O–H groups in total. The molecular weight excluding hydrogens is 118 g/mol. The van der Waals surface area contributed by atoms with Gasteiger partial charge in [0.15, 0.2) is 6.35 Å². The molecule has 0 aliphatic heterocycles. The summed E-state index contributed by atoms with van der Waals surface area (Å²) in [5, 5.41) is 11.6. The topological polar surface area (TPSA) is 47.9 Å². The Kier molecular flexibility index (Phi) is 4.00. The molecule has 0 radical (unpaired) electrons. The van der Waals surface area contributed by atoms with E-state index in [9.17, 15) is 0 Å². The molecule has 54 valence electrons. The summed E-state index contributed by atoms with van der Waals surface area (Å²) in [7, 11) is 5.16. The minimum absolute atomic E-state index is 0.645. The summed E-state index contributed by atoms with van der Waals surface area (Å²) in [6, 6.07) is 0. The molecule has 0 aromatic rings. The molecule has 9 heavy (non-hydrogen) atoms. The van der Waals surface area contributed by atoms with E-state index in [1.165, 1.54) is 6.34 Å². The second-order valence-electron chi connectivity index (χ2n) is 1.89. The van der Waals surface area contributed by atoms with Gasteiger partial charge in [-0.1, -0.05) is 0 Å². The van der Waals surface area contributed by atoms with Crippen molar-refractivity contribution < 1.29 is 5.11 Å². The zero-order valence-corrected chi connectivity index (χ0v) is 6.00. The molecule has 0 aliphatic rings. The fraction of sp³-hybridized carbons (Fsp3) is 0.800. The van der Waals surface area contributed by atoms with E-state index in [1.807, 2.05) is 0 Å². The summed E-state index contributed by atoms with van der Waals surface area (Å²) in [5.74, 6) is 0. The maximum absolute atomic E-state index is 8.98. The van der Waals surface area contributed by atoms with E-state index in [1.54, 1.807) is 26.0 Å². The maximum Gasteiger partial charge on any atom is 0.184 e. The lowest BCUT2D eigenvalue weighted by Gasteiger charge is -2.17. The van der Waals surface area contributed by atoms with Gasteiger partial charge in [0.1, 0.15) is 0 Å². The zero-order chi connectivity index (χ0) is 7.28. The van der Waals surface area contributed by atoms with Gasteiger partial charge in [0.25, 0.3) is 0 Å². The number of aliphatic imine (C=N–C) groups is 1. The van der Waals surface area contributed by atoms with Crippen LogP contribution in [0.3, 0.4) is 0 Å². The molecule has 0 aromatic carbocycles. The van der Waals surface area contributed by atoms with Gasteiger partial charge in [-0.05, 0) is 14.1 Å². The quantitative estimate of drug-likeness (QED) is 0.295. The molecule has 4 nitrogen and oxygen atoms in total. The average Bonchev–Trinajstić information content (AvgIpc) is 1.82. The van der Waals surface area contributed by atoms with Crippen molar-refractivity contribution in [1.29, 1.82) is 0 Å². The number of aliphatic hydroxyl groups excluding tert-OH is 1. The van der Waals surface area contributed by atoms with E-state index in [-0.39, 0.29) is 0 Å². The molecule has 0 heterocycles. The van der Waals surface area contributed by atoms with Crippen LogP contribution in [0.2, 0.25) is 0 Å². The van der Waals surface area contributed by atoms with E-state index in [0.717, 1.165) is 0 Å². The summed E-state index contributed by atoms with van der Waals surface area (Å²) in [6.45, 7) is 0. The van der Waals surface area contributed by atoms with Crippen molar-refractivity contribution in [2.75, 3.05) is 21.1 Å². The third kappa shape index (κ3) is 3.93. The standard InChI is InChI=1S/C5H13N3O/c1-6-4-7-5(9)8(2)3/h4-5,9H,1-3H3,(H,6,7)/t5-/m0/s1. The number of hydrogen-bond acceptors (Lipinski definition) is 3. The molecule has 0 rings (SSSR count). The zero-order valence-electron chi connectivity index (χ0n) is 6.00. The normalized spacial score (nSPS) is 14.8. The van der Waals surface area contributed by atoms with Gasteiger partial charge < -0.3 is 10.4 Å². The summed E-state index contributed by atoms with van der Waals surface area (Å²) < 4.78 is 0. The molecule has 0 saturated heterocycles. The van der Waals surface area contributed by atoms with Crippen molar-refractivity contribution in [3.05, 3.63) is 0 Å². The molecule has 0 bridgehead atoms. The Hall–Kier alpha value is -0.610. The van der Waals surface area contributed by atoms with Gasteiger partial charge in [-0.25, -0.2) is 0 Å². The molecule has 0 saturated carbocycles. The van der Waals surface area contributed by atoms with Gasteiger partial charge in [0, 0.05) is 7.05 Å². The second kappa shape index (κ2) is 4.29. The second-order valence-corrected chi connectivity index (χ2v) is 1.89. The first-order chi connectivity index (χ1) is 4.18. The Morgan fingerprint density at radius 2 is 2.22 bits per heavy atom. The van der Waals surface area contributed by atoms with Crippen molar-refractivity contribution >= 4 is 6.34 Å². The maximum atomic E-state index is 8.98. The first-order valence-corrected chi connectivity index (χ1v) is 2.69. The highest BCUT2D eigenvalue weighted by Gasteiger charge is 1.99.